The molecule has 7 aromatic carbocycles. The second kappa shape index (κ2) is 12.5. The Balaban J connectivity index is 1.12. The van der Waals surface area contributed by atoms with Crippen LogP contribution in [-0.4, -0.2) is 6.21 Å². The normalized spacial score (nSPS) is 13.4. The van der Waals surface area contributed by atoms with Gasteiger partial charge in [0, 0.05) is 89.0 Å². The Kier molecular flexibility index (Phi) is 7.52. The van der Waals surface area contributed by atoms with E-state index in [1.54, 1.807) is 0 Å². The van der Waals surface area contributed by atoms with Gasteiger partial charge in [-0.2, -0.15) is 0 Å². The first kappa shape index (κ1) is 30.6. The first-order valence-electron chi connectivity index (χ1n) is 17.1. The Hall–Kier alpha value is -5.21. The van der Waals surface area contributed by atoms with E-state index in [0.717, 1.165) is 16.7 Å². The van der Waals surface area contributed by atoms with Gasteiger partial charge in [-0.3, -0.25) is 10.3 Å². The van der Waals surface area contributed by atoms with Crippen LogP contribution in [0.4, 0.5) is 0 Å². The number of thiophene rings is 3. The molecule has 3 N–H and O–H groups in total. The molecule has 3 aromatic heterocycles. The molecule has 0 fully saturated rings. The van der Waals surface area contributed by atoms with E-state index in [2.05, 4.69) is 139 Å². The molecule has 6 heteroatoms. The lowest BCUT2D eigenvalue weighted by molar-refractivity contribution is 0.469. The molecule has 0 bridgehead atoms. The van der Waals surface area contributed by atoms with Gasteiger partial charge >= 0.3 is 0 Å². The van der Waals surface area contributed by atoms with E-state index < -0.39 is 6.17 Å². The number of rotatable bonds is 7. The van der Waals surface area contributed by atoms with E-state index in [-0.39, 0.29) is 6.17 Å². The van der Waals surface area contributed by atoms with Gasteiger partial charge in [-0.25, -0.2) is 0 Å². The Morgan fingerprint density at radius 2 is 1.06 bits per heavy atom. The zero-order valence-corrected chi connectivity index (χ0v) is 29.9. The molecule has 0 saturated carbocycles. The van der Waals surface area contributed by atoms with Crippen LogP contribution in [0.1, 0.15) is 29.0 Å². The fourth-order valence-electron chi connectivity index (χ4n) is 7.44. The fraction of sp³-hybridized carbons (Fsp3) is 0.0444. The molecule has 2 atom stereocenters. The molecule has 244 valence electrons. The summed E-state index contributed by atoms with van der Waals surface area (Å²) < 4.78 is 7.71. The maximum absolute atomic E-state index is 6.83. The molecule has 0 saturated heterocycles. The van der Waals surface area contributed by atoms with E-state index >= 15 is 0 Å². The molecule has 0 spiro atoms. The third-order valence-electron chi connectivity index (χ3n) is 9.84. The van der Waals surface area contributed by atoms with Crippen molar-refractivity contribution >= 4 is 101 Å². The molecule has 10 aromatic rings. The summed E-state index contributed by atoms with van der Waals surface area (Å²) in [6.45, 7) is 0. The number of nitrogens with one attached hydrogen (secondary N) is 1. The van der Waals surface area contributed by atoms with E-state index in [9.17, 15) is 0 Å². The molecular weight excluding hydrogens is 679 g/mol. The van der Waals surface area contributed by atoms with Crippen molar-refractivity contribution in [3.63, 3.8) is 0 Å². The number of fused-ring (bicyclic) bond motifs is 9. The van der Waals surface area contributed by atoms with Crippen molar-refractivity contribution in [2.45, 2.75) is 12.3 Å². The van der Waals surface area contributed by atoms with Crippen LogP contribution < -0.4 is 11.1 Å². The zero-order valence-electron chi connectivity index (χ0n) is 27.4. The summed E-state index contributed by atoms with van der Waals surface area (Å²) in [5.74, 6) is 0. The number of hydrogen-bond donors (Lipinski definition) is 2. The second-order valence-electron chi connectivity index (χ2n) is 12.8. The zero-order chi connectivity index (χ0) is 33.9. The van der Waals surface area contributed by atoms with Gasteiger partial charge in [0.25, 0.3) is 0 Å². The highest BCUT2D eigenvalue weighted by Gasteiger charge is 2.20. The van der Waals surface area contributed by atoms with Gasteiger partial charge in [0.05, 0.1) is 6.17 Å². The number of aliphatic imine (C=N–C) groups is 1. The number of benzene rings is 7. The number of nitrogens with zero attached hydrogens (tertiary/aromatic N) is 1. The molecule has 3 nitrogen and oxygen atoms in total. The number of hydrogen-bond acceptors (Lipinski definition) is 6. The smallest absolute Gasteiger partial charge is 0.127 e. The molecule has 51 heavy (non-hydrogen) atoms. The third kappa shape index (κ3) is 5.18. The van der Waals surface area contributed by atoms with Crippen molar-refractivity contribution in [2.24, 2.45) is 10.7 Å². The van der Waals surface area contributed by atoms with E-state index in [0.29, 0.717) is 0 Å². The second-order valence-corrected chi connectivity index (χ2v) is 16.0. The maximum atomic E-state index is 6.83. The quantitative estimate of drug-likeness (QED) is 0.128. The first-order valence-corrected chi connectivity index (χ1v) is 19.5. The molecule has 0 amide bonds. The fourth-order valence-corrected chi connectivity index (χ4v) is 11.1. The van der Waals surface area contributed by atoms with Gasteiger partial charge in [-0.05, 0) is 23.8 Å². The molecule has 0 aliphatic heterocycles. The Bertz CT molecular complexity index is 2930. The van der Waals surface area contributed by atoms with Crippen molar-refractivity contribution in [2.75, 3.05) is 0 Å². The van der Waals surface area contributed by atoms with E-state index in [4.69, 9.17) is 10.7 Å². The van der Waals surface area contributed by atoms with Crippen LogP contribution >= 0.6 is 34.0 Å². The van der Waals surface area contributed by atoms with Crippen molar-refractivity contribution < 1.29 is 0 Å². The maximum Gasteiger partial charge on any atom is 0.127 e. The topological polar surface area (TPSA) is 50.4 Å². The average Bonchev–Trinajstić information content (AvgIpc) is 3.88. The van der Waals surface area contributed by atoms with Crippen LogP contribution in [0.5, 0.6) is 0 Å². The summed E-state index contributed by atoms with van der Waals surface area (Å²) in [5.41, 5.74) is 12.6. The summed E-state index contributed by atoms with van der Waals surface area (Å²) in [6.07, 6.45) is 1.29. The lowest BCUT2D eigenvalue weighted by Gasteiger charge is -2.22. The van der Waals surface area contributed by atoms with Gasteiger partial charge < -0.3 is 5.73 Å². The van der Waals surface area contributed by atoms with Crippen LogP contribution in [0.25, 0.3) is 71.6 Å². The summed E-state index contributed by atoms with van der Waals surface area (Å²) >= 11 is 5.56. The van der Waals surface area contributed by atoms with Crippen molar-refractivity contribution in [1.29, 1.82) is 0 Å². The van der Waals surface area contributed by atoms with E-state index in [1.807, 2.05) is 58.4 Å². The summed E-state index contributed by atoms with van der Waals surface area (Å²) in [4.78, 5) is 5.33. The predicted molar refractivity (Wildman–Crippen MR) is 224 cm³/mol. The summed E-state index contributed by atoms with van der Waals surface area (Å²) in [5, 5.41) is 11.3. The highest BCUT2D eigenvalue weighted by atomic mass is 32.1. The van der Waals surface area contributed by atoms with Crippen LogP contribution in [0.2, 0.25) is 0 Å². The molecule has 2 unspecified atom stereocenters. The highest BCUT2D eigenvalue weighted by Crippen LogP contribution is 2.46. The largest absolute Gasteiger partial charge is 0.312 e. The SMILES string of the molecule is NC(NC(N=Cc1cccc2c1sc1c(-c3cccc4c3sc3ccccc34)cccc12)c1cccc2sc3ccccc3c12)c1ccccc1. The van der Waals surface area contributed by atoms with Crippen molar-refractivity contribution in [3.05, 3.63) is 168 Å². The lowest BCUT2D eigenvalue weighted by Crippen LogP contribution is -2.31. The molecule has 0 aliphatic rings. The minimum absolute atomic E-state index is 0.368. The predicted octanol–water partition coefficient (Wildman–Crippen LogP) is 12.8. The van der Waals surface area contributed by atoms with Gasteiger partial charge in [-0.1, -0.05) is 133 Å². The van der Waals surface area contributed by atoms with Crippen LogP contribution in [-0.2, 0) is 0 Å². The average molecular weight is 710 g/mol. The monoisotopic (exact) mass is 709 g/mol. The summed E-state index contributed by atoms with van der Waals surface area (Å²) in [7, 11) is 0. The molecule has 10 rings (SSSR count). The minimum Gasteiger partial charge on any atom is -0.312 e. The molecule has 0 aliphatic carbocycles. The highest BCUT2D eigenvalue weighted by molar-refractivity contribution is 7.27. The standard InChI is InChI=1S/C45H31N3S3/c46-44(27-12-2-1-3-13-27)48-45(36-22-11-25-39-40(36)35-16-5-7-24-38(35)49-39)47-26-28-14-8-17-31-32-19-10-21-34(43(32)51-41(28)31)33-20-9-18-30-29-15-4-6-23-37(29)50-42(30)33/h1-26,44-45,48H,46H2. The van der Waals surface area contributed by atoms with Gasteiger partial charge in [0.2, 0.25) is 0 Å². The Morgan fingerprint density at radius 1 is 0.490 bits per heavy atom. The van der Waals surface area contributed by atoms with Gasteiger partial charge in [-0.15, -0.1) is 34.0 Å². The van der Waals surface area contributed by atoms with Gasteiger partial charge in [0.1, 0.15) is 6.17 Å². The van der Waals surface area contributed by atoms with Crippen LogP contribution in [0, 0.1) is 0 Å². The lowest BCUT2D eigenvalue weighted by atomic mass is 10.0. The first-order chi connectivity index (χ1) is 25.2. The van der Waals surface area contributed by atoms with Gasteiger partial charge in [0.15, 0.2) is 0 Å². The molecular formula is C45H31N3S3. The molecule has 0 radical (unpaired) electrons. The third-order valence-corrected chi connectivity index (χ3v) is 13.5. The Labute approximate surface area is 306 Å². The van der Waals surface area contributed by atoms with Crippen LogP contribution in [0.3, 0.4) is 0 Å². The summed E-state index contributed by atoms with van der Waals surface area (Å²) in [6, 6.07) is 54.1. The Morgan fingerprint density at radius 3 is 1.84 bits per heavy atom. The van der Waals surface area contributed by atoms with E-state index in [1.165, 1.54) is 71.6 Å². The van der Waals surface area contributed by atoms with Crippen molar-refractivity contribution in [1.82, 2.24) is 5.32 Å². The minimum atomic E-state index is -0.396. The van der Waals surface area contributed by atoms with Crippen molar-refractivity contribution in [3.8, 4) is 11.1 Å². The number of nitrogens with two attached hydrogens (primary N) is 1. The molecule has 3 heterocycles. The van der Waals surface area contributed by atoms with Crippen LogP contribution in [0.15, 0.2) is 157 Å².